The highest BCUT2D eigenvalue weighted by Crippen LogP contribution is 2.25. The lowest BCUT2D eigenvalue weighted by molar-refractivity contribution is 0.920. The molecule has 2 aromatic rings. The van der Waals surface area contributed by atoms with Crippen molar-refractivity contribution >= 4 is 5.69 Å². The van der Waals surface area contributed by atoms with Crippen molar-refractivity contribution in [3.05, 3.63) is 30.1 Å². The van der Waals surface area contributed by atoms with E-state index in [-0.39, 0.29) is 0 Å². The second-order valence-electron chi connectivity index (χ2n) is 3.30. The van der Waals surface area contributed by atoms with Gasteiger partial charge in [-0.1, -0.05) is 12.1 Å². The van der Waals surface area contributed by atoms with E-state index in [1.165, 1.54) is 0 Å². The van der Waals surface area contributed by atoms with Gasteiger partial charge in [0.15, 0.2) is 5.82 Å². The Balaban J connectivity index is 2.63. The molecule has 0 bridgehead atoms. The molecule has 0 aliphatic carbocycles. The number of rotatable bonds is 1. The number of nitrogens with zero attached hydrogens (tertiary/aromatic N) is 3. The SMILES string of the molecule is Cc1cccc(-c2nncn2C)c1N. The largest absolute Gasteiger partial charge is 0.398 e. The van der Waals surface area contributed by atoms with Crippen LogP contribution in [0.15, 0.2) is 24.5 Å². The zero-order valence-corrected chi connectivity index (χ0v) is 8.23. The van der Waals surface area contributed by atoms with Crippen LogP contribution in [-0.4, -0.2) is 14.8 Å². The molecule has 0 aliphatic rings. The van der Waals surface area contributed by atoms with Gasteiger partial charge in [-0.2, -0.15) is 0 Å². The average Bonchev–Trinajstić information content (AvgIpc) is 2.57. The second kappa shape index (κ2) is 3.14. The molecule has 1 heterocycles. The number of hydrogen-bond acceptors (Lipinski definition) is 3. The lowest BCUT2D eigenvalue weighted by Crippen LogP contribution is -1.98. The summed E-state index contributed by atoms with van der Waals surface area (Å²) < 4.78 is 1.85. The van der Waals surface area contributed by atoms with Crippen molar-refractivity contribution in [2.24, 2.45) is 7.05 Å². The van der Waals surface area contributed by atoms with Gasteiger partial charge in [-0.3, -0.25) is 0 Å². The van der Waals surface area contributed by atoms with Gasteiger partial charge in [-0.05, 0) is 18.6 Å². The minimum atomic E-state index is 0.767. The summed E-state index contributed by atoms with van der Waals surface area (Å²) in [6, 6.07) is 5.90. The first-order valence-corrected chi connectivity index (χ1v) is 4.39. The summed E-state index contributed by atoms with van der Waals surface area (Å²) in [4.78, 5) is 0. The normalized spacial score (nSPS) is 10.4. The maximum atomic E-state index is 5.96. The number of nitrogens with two attached hydrogens (primary N) is 1. The van der Waals surface area contributed by atoms with E-state index in [9.17, 15) is 0 Å². The van der Waals surface area contributed by atoms with Crippen molar-refractivity contribution in [1.29, 1.82) is 0 Å². The molecule has 0 atom stereocenters. The fourth-order valence-corrected chi connectivity index (χ4v) is 1.40. The Labute approximate surface area is 82.4 Å². The van der Waals surface area contributed by atoms with Crippen LogP contribution in [-0.2, 0) is 7.05 Å². The first kappa shape index (κ1) is 8.74. The van der Waals surface area contributed by atoms with Gasteiger partial charge in [0.2, 0.25) is 0 Å². The Morgan fingerprint density at radius 1 is 1.36 bits per heavy atom. The third-order valence-corrected chi connectivity index (χ3v) is 2.28. The molecule has 2 rings (SSSR count). The number of hydrogen-bond donors (Lipinski definition) is 1. The van der Waals surface area contributed by atoms with Crippen molar-refractivity contribution in [1.82, 2.24) is 14.8 Å². The first-order chi connectivity index (χ1) is 6.70. The van der Waals surface area contributed by atoms with E-state index in [2.05, 4.69) is 10.2 Å². The summed E-state index contributed by atoms with van der Waals surface area (Å²) in [7, 11) is 1.90. The molecule has 0 aliphatic heterocycles. The molecule has 0 fully saturated rings. The van der Waals surface area contributed by atoms with Crippen molar-refractivity contribution in [2.45, 2.75) is 6.92 Å². The predicted molar refractivity (Wildman–Crippen MR) is 55.6 cm³/mol. The summed E-state index contributed by atoms with van der Waals surface area (Å²) in [5.41, 5.74) is 8.72. The summed E-state index contributed by atoms with van der Waals surface area (Å²) in [6.45, 7) is 1.98. The number of anilines is 1. The van der Waals surface area contributed by atoms with Crippen LogP contribution >= 0.6 is 0 Å². The third-order valence-electron chi connectivity index (χ3n) is 2.28. The molecular weight excluding hydrogens is 176 g/mol. The summed E-state index contributed by atoms with van der Waals surface area (Å²) >= 11 is 0. The molecule has 1 aromatic heterocycles. The lowest BCUT2D eigenvalue weighted by Gasteiger charge is -2.06. The van der Waals surface area contributed by atoms with Crippen LogP contribution in [0.4, 0.5) is 5.69 Å². The molecular formula is C10H12N4. The Morgan fingerprint density at radius 3 is 2.79 bits per heavy atom. The van der Waals surface area contributed by atoms with Crippen molar-refractivity contribution in [3.8, 4) is 11.4 Å². The van der Waals surface area contributed by atoms with E-state index in [1.807, 2.05) is 36.7 Å². The fourth-order valence-electron chi connectivity index (χ4n) is 1.40. The zero-order valence-electron chi connectivity index (χ0n) is 8.23. The molecule has 4 heteroatoms. The molecule has 1 aromatic carbocycles. The minimum Gasteiger partial charge on any atom is -0.398 e. The molecule has 2 N–H and O–H groups in total. The van der Waals surface area contributed by atoms with E-state index in [0.717, 1.165) is 22.6 Å². The summed E-state index contributed by atoms with van der Waals surface area (Å²) in [6.07, 6.45) is 1.66. The van der Waals surface area contributed by atoms with Crippen molar-refractivity contribution < 1.29 is 0 Å². The standard InChI is InChI=1S/C10H12N4/c1-7-4-3-5-8(9(7)11)10-13-12-6-14(10)2/h3-6H,11H2,1-2H3. The molecule has 72 valence electrons. The van der Waals surface area contributed by atoms with Crippen LogP contribution in [0.3, 0.4) is 0 Å². The van der Waals surface area contributed by atoms with Gasteiger partial charge in [0, 0.05) is 18.3 Å². The van der Waals surface area contributed by atoms with E-state index in [0.29, 0.717) is 0 Å². The quantitative estimate of drug-likeness (QED) is 0.688. The number of benzene rings is 1. The van der Waals surface area contributed by atoms with E-state index in [1.54, 1.807) is 6.33 Å². The number of para-hydroxylation sites is 1. The van der Waals surface area contributed by atoms with Crippen LogP contribution < -0.4 is 5.73 Å². The zero-order chi connectivity index (χ0) is 10.1. The second-order valence-corrected chi connectivity index (χ2v) is 3.30. The molecule has 0 saturated carbocycles. The van der Waals surface area contributed by atoms with Crippen molar-refractivity contribution in [3.63, 3.8) is 0 Å². The van der Waals surface area contributed by atoms with Crippen LogP contribution in [0.25, 0.3) is 11.4 Å². The Morgan fingerprint density at radius 2 is 2.14 bits per heavy atom. The fraction of sp³-hybridized carbons (Fsp3) is 0.200. The third kappa shape index (κ3) is 1.25. The van der Waals surface area contributed by atoms with Gasteiger partial charge in [-0.15, -0.1) is 10.2 Å². The topological polar surface area (TPSA) is 56.7 Å². The molecule has 0 amide bonds. The highest BCUT2D eigenvalue weighted by atomic mass is 15.2. The highest BCUT2D eigenvalue weighted by molar-refractivity contribution is 5.74. The molecule has 0 unspecified atom stereocenters. The van der Waals surface area contributed by atoms with Gasteiger partial charge in [-0.25, -0.2) is 0 Å². The van der Waals surface area contributed by atoms with Gasteiger partial charge < -0.3 is 10.3 Å². The van der Waals surface area contributed by atoms with Crippen LogP contribution in [0, 0.1) is 6.92 Å². The summed E-state index contributed by atoms with van der Waals surface area (Å²) in [5, 5.41) is 7.85. The predicted octanol–water partition coefficient (Wildman–Crippen LogP) is 1.37. The first-order valence-electron chi connectivity index (χ1n) is 4.39. The smallest absolute Gasteiger partial charge is 0.165 e. The number of aromatic nitrogens is 3. The number of nitrogen functional groups attached to an aromatic ring is 1. The molecule has 14 heavy (non-hydrogen) atoms. The van der Waals surface area contributed by atoms with Crippen LogP contribution in [0.5, 0.6) is 0 Å². The van der Waals surface area contributed by atoms with Gasteiger partial charge in [0.1, 0.15) is 6.33 Å². The maximum absolute atomic E-state index is 5.96. The van der Waals surface area contributed by atoms with Gasteiger partial charge >= 0.3 is 0 Å². The molecule has 0 saturated heterocycles. The monoisotopic (exact) mass is 188 g/mol. The van der Waals surface area contributed by atoms with Crippen LogP contribution in [0.1, 0.15) is 5.56 Å². The molecule has 0 spiro atoms. The molecule has 4 nitrogen and oxygen atoms in total. The number of aryl methyl sites for hydroxylation is 2. The van der Waals surface area contributed by atoms with Gasteiger partial charge in [0.25, 0.3) is 0 Å². The average molecular weight is 188 g/mol. The Bertz CT molecular complexity index is 459. The minimum absolute atomic E-state index is 0.767. The Kier molecular flexibility index (Phi) is 1.96. The summed E-state index contributed by atoms with van der Waals surface area (Å²) in [5.74, 6) is 0.797. The van der Waals surface area contributed by atoms with Crippen LogP contribution in [0.2, 0.25) is 0 Å². The Hall–Kier alpha value is -1.84. The van der Waals surface area contributed by atoms with Gasteiger partial charge in [0.05, 0.1) is 0 Å². The lowest BCUT2D eigenvalue weighted by atomic mass is 10.1. The van der Waals surface area contributed by atoms with E-state index >= 15 is 0 Å². The van der Waals surface area contributed by atoms with E-state index in [4.69, 9.17) is 5.73 Å². The maximum Gasteiger partial charge on any atom is 0.165 e. The van der Waals surface area contributed by atoms with Crippen molar-refractivity contribution in [2.75, 3.05) is 5.73 Å². The molecule has 0 radical (unpaired) electrons. The van der Waals surface area contributed by atoms with E-state index < -0.39 is 0 Å². The highest BCUT2D eigenvalue weighted by Gasteiger charge is 2.08.